The number of fused-ring (bicyclic) bond motifs is 1. The van der Waals surface area contributed by atoms with Gasteiger partial charge in [-0.05, 0) is 17.7 Å². The van der Waals surface area contributed by atoms with Crippen molar-refractivity contribution in [3.8, 4) is 6.07 Å². The fourth-order valence-electron chi connectivity index (χ4n) is 2.91. The predicted molar refractivity (Wildman–Crippen MR) is 87.9 cm³/mol. The molecule has 0 unspecified atom stereocenters. The van der Waals surface area contributed by atoms with Crippen LogP contribution in [0.15, 0.2) is 23.0 Å². The van der Waals surface area contributed by atoms with E-state index >= 15 is 0 Å². The quantitative estimate of drug-likeness (QED) is 0.940. The van der Waals surface area contributed by atoms with Crippen LogP contribution < -0.4 is 5.56 Å². The minimum atomic E-state index is -0.506. The third-order valence-corrected chi connectivity index (χ3v) is 4.27. The molecule has 6 heteroatoms. The number of aromatic nitrogens is 2. The summed E-state index contributed by atoms with van der Waals surface area (Å²) in [6, 6.07) is 6.45. The zero-order chi connectivity index (χ0) is 17.3. The molecule has 0 fully saturated rings. The van der Waals surface area contributed by atoms with Gasteiger partial charge in [-0.3, -0.25) is 9.69 Å². The molecule has 124 valence electrons. The molecule has 0 amide bonds. The van der Waals surface area contributed by atoms with Gasteiger partial charge in [-0.15, -0.1) is 0 Å². The van der Waals surface area contributed by atoms with E-state index < -0.39 is 5.82 Å². The number of nitrogens with zero attached hydrogens (tertiary/aromatic N) is 3. The van der Waals surface area contributed by atoms with Crippen molar-refractivity contribution in [2.75, 3.05) is 6.54 Å². The molecule has 1 aromatic heterocycles. The van der Waals surface area contributed by atoms with Crippen LogP contribution in [0.25, 0.3) is 0 Å². The second kappa shape index (κ2) is 6.54. The normalized spacial score (nSPS) is 14.5. The summed E-state index contributed by atoms with van der Waals surface area (Å²) >= 11 is 0. The summed E-state index contributed by atoms with van der Waals surface area (Å²) in [5, 5.41) is 8.79. The monoisotopic (exact) mass is 326 g/mol. The van der Waals surface area contributed by atoms with Crippen molar-refractivity contribution >= 4 is 0 Å². The zero-order valence-corrected chi connectivity index (χ0v) is 13.8. The number of H-pyrrole nitrogens is 1. The third-order valence-electron chi connectivity index (χ3n) is 4.27. The fraction of sp³-hybridized carbons (Fsp3) is 0.389. The minimum absolute atomic E-state index is 0.0459. The van der Waals surface area contributed by atoms with Crippen molar-refractivity contribution in [2.45, 2.75) is 39.3 Å². The summed E-state index contributed by atoms with van der Waals surface area (Å²) in [7, 11) is 0. The fourth-order valence-corrected chi connectivity index (χ4v) is 2.91. The molecule has 2 aromatic rings. The van der Waals surface area contributed by atoms with E-state index in [0.717, 1.165) is 23.6 Å². The van der Waals surface area contributed by atoms with Crippen LogP contribution in [-0.4, -0.2) is 21.4 Å². The Kier molecular flexibility index (Phi) is 4.45. The van der Waals surface area contributed by atoms with Crippen molar-refractivity contribution in [3.05, 3.63) is 62.6 Å². The van der Waals surface area contributed by atoms with Gasteiger partial charge in [0.2, 0.25) is 0 Å². The van der Waals surface area contributed by atoms with Crippen molar-refractivity contribution in [3.63, 3.8) is 0 Å². The summed E-state index contributed by atoms with van der Waals surface area (Å²) in [4.78, 5) is 21.8. The van der Waals surface area contributed by atoms with Gasteiger partial charge < -0.3 is 4.98 Å². The number of hydrogen-bond donors (Lipinski definition) is 1. The zero-order valence-electron chi connectivity index (χ0n) is 13.8. The summed E-state index contributed by atoms with van der Waals surface area (Å²) < 4.78 is 13.7. The van der Waals surface area contributed by atoms with Crippen molar-refractivity contribution in [2.24, 2.45) is 0 Å². The van der Waals surface area contributed by atoms with Gasteiger partial charge in [-0.1, -0.05) is 19.9 Å². The number of benzene rings is 1. The molecule has 1 N–H and O–H groups in total. The molecule has 3 rings (SSSR count). The molecule has 1 aromatic carbocycles. The van der Waals surface area contributed by atoms with Gasteiger partial charge in [-0.25, -0.2) is 9.37 Å². The number of nitriles is 1. The molecule has 0 atom stereocenters. The summed E-state index contributed by atoms with van der Waals surface area (Å²) in [6.45, 7) is 5.80. The maximum atomic E-state index is 13.7. The van der Waals surface area contributed by atoms with Gasteiger partial charge in [0.25, 0.3) is 5.56 Å². The van der Waals surface area contributed by atoms with Crippen LogP contribution in [0.1, 0.15) is 48.0 Å². The van der Waals surface area contributed by atoms with E-state index in [1.54, 1.807) is 6.07 Å². The Morgan fingerprint density at radius 2 is 2.25 bits per heavy atom. The Labute approximate surface area is 139 Å². The standard InChI is InChI=1S/C18H19FN4O/c1-11(2)17-21-16-5-6-23(10-14(16)18(24)22-17)9-12-3-4-13(8-20)15(19)7-12/h3-4,7,11H,5-6,9-10H2,1-2H3,(H,21,22,24). The van der Waals surface area contributed by atoms with Crippen molar-refractivity contribution in [1.29, 1.82) is 5.26 Å². The Morgan fingerprint density at radius 3 is 2.92 bits per heavy atom. The second-order valence-electron chi connectivity index (χ2n) is 6.42. The molecule has 1 aliphatic heterocycles. The molecule has 2 heterocycles. The highest BCUT2D eigenvalue weighted by molar-refractivity contribution is 5.33. The van der Waals surface area contributed by atoms with Gasteiger partial charge in [0.05, 0.1) is 16.8 Å². The predicted octanol–water partition coefficient (Wildman–Crippen LogP) is 2.46. The molecule has 0 radical (unpaired) electrons. The van der Waals surface area contributed by atoms with Crippen molar-refractivity contribution < 1.29 is 4.39 Å². The van der Waals surface area contributed by atoms with E-state index in [1.807, 2.05) is 19.9 Å². The van der Waals surface area contributed by atoms with Gasteiger partial charge in [0.1, 0.15) is 17.7 Å². The lowest BCUT2D eigenvalue weighted by atomic mass is 10.0. The molecular weight excluding hydrogens is 307 g/mol. The van der Waals surface area contributed by atoms with E-state index in [1.165, 1.54) is 12.1 Å². The number of aromatic amines is 1. The number of rotatable bonds is 3. The second-order valence-corrected chi connectivity index (χ2v) is 6.42. The van der Waals surface area contributed by atoms with Crippen LogP contribution in [0.4, 0.5) is 4.39 Å². The molecular formula is C18H19FN4O. The number of hydrogen-bond acceptors (Lipinski definition) is 4. The smallest absolute Gasteiger partial charge is 0.255 e. The third kappa shape index (κ3) is 3.22. The van der Waals surface area contributed by atoms with Gasteiger partial charge in [0, 0.05) is 32.0 Å². The highest BCUT2D eigenvalue weighted by Crippen LogP contribution is 2.19. The lowest BCUT2D eigenvalue weighted by Crippen LogP contribution is -2.36. The average Bonchev–Trinajstić information content (AvgIpc) is 2.55. The largest absolute Gasteiger partial charge is 0.310 e. The van der Waals surface area contributed by atoms with Crippen LogP contribution >= 0.6 is 0 Å². The maximum Gasteiger partial charge on any atom is 0.255 e. The molecule has 0 spiro atoms. The molecule has 1 aliphatic rings. The van der Waals surface area contributed by atoms with E-state index in [4.69, 9.17) is 5.26 Å². The van der Waals surface area contributed by atoms with Gasteiger partial charge in [0.15, 0.2) is 0 Å². The number of halogens is 1. The summed E-state index contributed by atoms with van der Waals surface area (Å²) in [5.41, 5.74) is 2.31. The first-order valence-corrected chi connectivity index (χ1v) is 8.00. The first-order chi connectivity index (χ1) is 11.5. The summed E-state index contributed by atoms with van der Waals surface area (Å²) in [5.74, 6) is 0.400. The lowest BCUT2D eigenvalue weighted by molar-refractivity contribution is 0.241. The Hall–Kier alpha value is -2.52. The topological polar surface area (TPSA) is 72.8 Å². The summed E-state index contributed by atoms with van der Waals surface area (Å²) in [6.07, 6.45) is 0.706. The molecule has 24 heavy (non-hydrogen) atoms. The van der Waals surface area contributed by atoms with Crippen LogP contribution in [-0.2, 0) is 19.5 Å². The van der Waals surface area contributed by atoms with E-state index in [9.17, 15) is 9.18 Å². The average molecular weight is 326 g/mol. The highest BCUT2D eigenvalue weighted by atomic mass is 19.1. The first kappa shape index (κ1) is 16.3. The lowest BCUT2D eigenvalue weighted by Gasteiger charge is -2.28. The van der Waals surface area contributed by atoms with Crippen molar-refractivity contribution in [1.82, 2.24) is 14.9 Å². The van der Waals surface area contributed by atoms with Crippen LogP contribution in [0.5, 0.6) is 0 Å². The maximum absolute atomic E-state index is 13.7. The van der Waals surface area contributed by atoms with Crippen LogP contribution in [0.3, 0.4) is 0 Å². The Morgan fingerprint density at radius 1 is 1.46 bits per heavy atom. The van der Waals surface area contributed by atoms with E-state index in [0.29, 0.717) is 25.1 Å². The van der Waals surface area contributed by atoms with Crippen LogP contribution in [0, 0.1) is 17.1 Å². The SMILES string of the molecule is CC(C)c1nc2c(c(=O)[nH]1)CN(Cc1ccc(C#N)c(F)c1)CC2. The highest BCUT2D eigenvalue weighted by Gasteiger charge is 2.22. The molecule has 0 bridgehead atoms. The van der Waals surface area contributed by atoms with Gasteiger partial charge in [-0.2, -0.15) is 5.26 Å². The first-order valence-electron chi connectivity index (χ1n) is 8.00. The molecule has 0 saturated carbocycles. The minimum Gasteiger partial charge on any atom is -0.310 e. The van der Waals surface area contributed by atoms with E-state index in [2.05, 4.69) is 14.9 Å². The molecule has 0 saturated heterocycles. The van der Waals surface area contributed by atoms with Gasteiger partial charge >= 0.3 is 0 Å². The Bertz CT molecular complexity index is 866. The Balaban J connectivity index is 1.79. The molecule has 0 aliphatic carbocycles. The number of nitrogens with one attached hydrogen (secondary N) is 1. The van der Waals surface area contributed by atoms with E-state index in [-0.39, 0.29) is 17.0 Å². The molecule has 5 nitrogen and oxygen atoms in total. The van der Waals surface area contributed by atoms with Crippen LogP contribution in [0.2, 0.25) is 0 Å².